The lowest BCUT2D eigenvalue weighted by molar-refractivity contribution is -0.174. The average molecular weight is 479 g/mol. The van der Waals surface area contributed by atoms with E-state index in [0.29, 0.717) is 25.9 Å². The lowest BCUT2D eigenvalue weighted by atomic mass is 9.84. The molecule has 0 spiro atoms. The van der Waals surface area contributed by atoms with Crippen LogP contribution in [0.15, 0.2) is 12.7 Å². The molecular weight excluding hydrogens is 437 g/mol. The summed E-state index contributed by atoms with van der Waals surface area (Å²) in [5.74, 6) is -1.45. The van der Waals surface area contributed by atoms with Crippen LogP contribution in [0.3, 0.4) is 0 Å². The summed E-state index contributed by atoms with van der Waals surface area (Å²) in [6.45, 7) is 20.3. The molecule has 1 aliphatic heterocycles. The zero-order chi connectivity index (χ0) is 26.8. The smallest absolute Gasteiger partial charge is 0.343 e. The molecule has 2 N–H and O–H groups in total. The second-order valence-electron chi connectivity index (χ2n) is 8.57. The summed E-state index contributed by atoms with van der Waals surface area (Å²) in [5, 5.41) is 12.2. The van der Waals surface area contributed by atoms with Crippen LogP contribution in [0.25, 0.3) is 0 Å². The number of rotatable bonds is 6. The SMILES string of the molecule is C=CCC(C#N)NC=O.CC.CC(C)C.C[C@H]1CN(C(=O)CNC(=O)C(F)(F)F)CC1(C)C. The van der Waals surface area contributed by atoms with Gasteiger partial charge in [0.1, 0.15) is 6.04 Å². The van der Waals surface area contributed by atoms with E-state index in [1.54, 1.807) is 11.4 Å². The highest BCUT2D eigenvalue weighted by Crippen LogP contribution is 2.34. The van der Waals surface area contributed by atoms with E-state index >= 15 is 0 Å². The molecule has 1 fully saturated rings. The Balaban J connectivity index is -0.000000501. The van der Waals surface area contributed by atoms with Gasteiger partial charge in [-0.3, -0.25) is 14.4 Å². The molecule has 1 heterocycles. The number of hydrogen-bond acceptors (Lipinski definition) is 4. The van der Waals surface area contributed by atoms with Crippen LogP contribution >= 0.6 is 0 Å². The number of nitrogens with one attached hydrogen (secondary N) is 2. The van der Waals surface area contributed by atoms with E-state index in [-0.39, 0.29) is 11.3 Å². The van der Waals surface area contributed by atoms with Crippen LogP contribution in [-0.4, -0.2) is 55.0 Å². The van der Waals surface area contributed by atoms with E-state index in [1.165, 1.54) is 4.90 Å². The van der Waals surface area contributed by atoms with Crippen molar-refractivity contribution in [3.05, 3.63) is 12.7 Å². The Labute approximate surface area is 196 Å². The Morgan fingerprint density at radius 3 is 2.06 bits per heavy atom. The zero-order valence-corrected chi connectivity index (χ0v) is 21.2. The predicted octanol–water partition coefficient (Wildman–Crippen LogP) is 4.06. The van der Waals surface area contributed by atoms with Gasteiger partial charge in [0.25, 0.3) is 0 Å². The van der Waals surface area contributed by atoms with E-state index in [0.717, 1.165) is 5.92 Å². The van der Waals surface area contributed by atoms with Crippen LogP contribution in [0.5, 0.6) is 0 Å². The number of amides is 3. The monoisotopic (exact) mass is 478 g/mol. The highest BCUT2D eigenvalue weighted by Gasteiger charge is 2.41. The Kier molecular flexibility index (Phi) is 19.0. The topological polar surface area (TPSA) is 102 Å². The first-order valence-electron chi connectivity index (χ1n) is 10.9. The molecule has 2 atom stereocenters. The fraction of sp³-hybridized carbons (Fsp3) is 0.739. The summed E-state index contributed by atoms with van der Waals surface area (Å²) in [7, 11) is 0. The molecule has 1 rings (SSSR count). The molecule has 192 valence electrons. The number of alkyl halides is 3. The van der Waals surface area contributed by atoms with Gasteiger partial charge in [0.15, 0.2) is 0 Å². The van der Waals surface area contributed by atoms with Crippen LogP contribution < -0.4 is 10.6 Å². The molecule has 0 aromatic heterocycles. The molecule has 0 aromatic carbocycles. The van der Waals surface area contributed by atoms with Crippen molar-refractivity contribution >= 4 is 18.2 Å². The summed E-state index contributed by atoms with van der Waals surface area (Å²) >= 11 is 0. The largest absolute Gasteiger partial charge is 0.471 e. The zero-order valence-electron chi connectivity index (χ0n) is 21.2. The van der Waals surface area contributed by atoms with Gasteiger partial charge in [-0.25, -0.2) is 0 Å². The van der Waals surface area contributed by atoms with Crippen LogP contribution in [0.2, 0.25) is 0 Å². The van der Waals surface area contributed by atoms with Gasteiger partial charge in [0, 0.05) is 13.1 Å². The van der Waals surface area contributed by atoms with E-state index in [2.05, 4.69) is 32.7 Å². The molecule has 1 aliphatic rings. The van der Waals surface area contributed by atoms with Crippen molar-refractivity contribution in [2.45, 2.75) is 74.0 Å². The third-order valence-corrected chi connectivity index (χ3v) is 4.26. The Bertz CT molecular complexity index is 617. The standard InChI is InChI=1S/C11H17F3N2O2.C6H8N2O.C4H10.C2H6/c1-7-5-16(6-10(7,2)3)8(17)4-15-9(18)11(12,13)14;1-2-3-6(4-7)8-5-9;1-4(2)3;1-2/h7H,4-6H2,1-3H3,(H,15,18);2,5-6H,1,3H2,(H,8,9);4H,1-3H3;1-2H3/t7-;;;/m0.../s1. The fourth-order valence-corrected chi connectivity index (χ4v) is 2.25. The summed E-state index contributed by atoms with van der Waals surface area (Å²) in [6, 6.07) is 1.47. The minimum Gasteiger partial charge on any atom is -0.343 e. The molecule has 0 saturated carbocycles. The lowest BCUT2D eigenvalue weighted by Crippen LogP contribution is -2.44. The molecule has 10 heteroatoms. The van der Waals surface area contributed by atoms with Gasteiger partial charge in [-0.1, -0.05) is 61.5 Å². The van der Waals surface area contributed by atoms with E-state index in [9.17, 15) is 27.6 Å². The van der Waals surface area contributed by atoms with Crippen molar-refractivity contribution in [2.75, 3.05) is 19.6 Å². The highest BCUT2D eigenvalue weighted by molar-refractivity contribution is 5.87. The maximum atomic E-state index is 11.9. The van der Waals surface area contributed by atoms with Crippen molar-refractivity contribution in [3.8, 4) is 6.07 Å². The quantitative estimate of drug-likeness (QED) is 0.444. The number of halogens is 3. The minimum atomic E-state index is -4.95. The van der Waals surface area contributed by atoms with Gasteiger partial charge < -0.3 is 15.5 Å². The minimum absolute atomic E-state index is 0.0519. The van der Waals surface area contributed by atoms with E-state index < -0.39 is 30.6 Å². The first-order chi connectivity index (χ1) is 15.1. The molecule has 0 aromatic rings. The van der Waals surface area contributed by atoms with Crippen molar-refractivity contribution in [3.63, 3.8) is 0 Å². The Morgan fingerprint density at radius 2 is 1.76 bits per heavy atom. The summed E-state index contributed by atoms with van der Waals surface area (Å²) < 4.78 is 35.8. The summed E-state index contributed by atoms with van der Waals surface area (Å²) in [4.78, 5) is 33.5. The number of carbonyl (C=O) groups excluding carboxylic acids is 3. The molecule has 1 saturated heterocycles. The van der Waals surface area contributed by atoms with Gasteiger partial charge in [-0.15, -0.1) is 6.58 Å². The molecule has 33 heavy (non-hydrogen) atoms. The summed E-state index contributed by atoms with van der Waals surface area (Å²) in [6.07, 6.45) is -2.35. The van der Waals surface area contributed by atoms with Crippen molar-refractivity contribution in [1.82, 2.24) is 15.5 Å². The van der Waals surface area contributed by atoms with Crippen molar-refractivity contribution in [1.29, 1.82) is 5.26 Å². The summed E-state index contributed by atoms with van der Waals surface area (Å²) in [5.41, 5.74) is -0.0519. The lowest BCUT2D eigenvalue weighted by Gasteiger charge is -2.22. The molecule has 0 radical (unpaired) electrons. The molecule has 7 nitrogen and oxygen atoms in total. The maximum Gasteiger partial charge on any atom is 0.471 e. The van der Waals surface area contributed by atoms with Crippen molar-refractivity contribution in [2.24, 2.45) is 17.3 Å². The van der Waals surface area contributed by atoms with Crippen LogP contribution in [0.1, 0.15) is 61.8 Å². The number of nitrogens with zero attached hydrogens (tertiary/aromatic N) is 2. The normalized spacial score (nSPS) is 16.8. The average Bonchev–Trinajstić information content (AvgIpc) is 2.99. The molecule has 1 unspecified atom stereocenters. The van der Waals surface area contributed by atoms with Gasteiger partial charge in [0.05, 0.1) is 12.6 Å². The van der Waals surface area contributed by atoms with Crippen LogP contribution in [0, 0.1) is 28.6 Å². The number of nitriles is 1. The number of hydrogen-bond donors (Lipinski definition) is 2. The number of carbonyl (C=O) groups is 3. The molecule has 0 aliphatic carbocycles. The maximum absolute atomic E-state index is 11.9. The Hall–Kier alpha value is -2.57. The first-order valence-corrected chi connectivity index (χ1v) is 10.9. The first kappa shape index (κ1) is 35.0. The van der Waals surface area contributed by atoms with E-state index in [1.807, 2.05) is 40.7 Å². The van der Waals surface area contributed by atoms with Crippen molar-refractivity contribution < 1.29 is 27.6 Å². The Morgan fingerprint density at radius 1 is 1.27 bits per heavy atom. The molecule has 3 amide bonds. The van der Waals surface area contributed by atoms with Gasteiger partial charge >= 0.3 is 12.1 Å². The fourth-order valence-electron chi connectivity index (χ4n) is 2.25. The third kappa shape index (κ3) is 17.6. The third-order valence-electron chi connectivity index (χ3n) is 4.26. The van der Waals surface area contributed by atoms with Crippen LogP contribution in [-0.2, 0) is 14.4 Å². The molecular formula is C23H41F3N4O3. The second-order valence-corrected chi connectivity index (χ2v) is 8.57. The number of likely N-dealkylation sites (tertiary alicyclic amines) is 1. The second kappa shape index (κ2) is 17.9. The highest BCUT2D eigenvalue weighted by atomic mass is 19.4. The van der Waals surface area contributed by atoms with Gasteiger partial charge in [-0.2, -0.15) is 18.4 Å². The molecule has 0 bridgehead atoms. The predicted molar refractivity (Wildman–Crippen MR) is 124 cm³/mol. The van der Waals surface area contributed by atoms with Gasteiger partial charge in [-0.05, 0) is 23.7 Å². The van der Waals surface area contributed by atoms with E-state index in [4.69, 9.17) is 5.26 Å². The van der Waals surface area contributed by atoms with Crippen LogP contribution in [0.4, 0.5) is 13.2 Å². The van der Waals surface area contributed by atoms with Gasteiger partial charge in [0.2, 0.25) is 12.3 Å².